The summed E-state index contributed by atoms with van der Waals surface area (Å²) < 4.78 is 18.8. The van der Waals surface area contributed by atoms with Crippen LogP contribution in [0.3, 0.4) is 0 Å². The number of aryl methyl sites for hydroxylation is 1. The molecule has 0 aliphatic heterocycles. The molecule has 2 nitrogen and oxygen atoms in total. The van der Waals surface area contributed by atoms with Gasteiger partial charge in [0.1, 0.15) is 11.6 Å². The van der Waals surface area contributed by atoms with Crippen LogP contribution in [0.2, 0.25) is 0 Å². The summed E-state index contributed by atoms with van der Waals surface area (Å²) in [6, 6.07) is 2.98. The van der Waals surface area contributed by atoms with Crippen LogP contribution in [0.4, 0.5) is 4.39 Å². The van der Waals surface area contributed by atoms with Crippen molar-refractivity contribution in [1.82, 2.24) is 0 Å². The van der Waals surface area contributed by atoms with Crippen LogP contribution in [0.25, 0.3) is 0 Å². The Bertz CT molecular complexity index is 337. The molecule has 0 bridgehead atoms. The third kappa shape index (κ3) is 3.20. The number of rotatable bonds is 4. The Labute approximate surface area is 90.2 Å². The van der Waals surface area contributed by atoms with Crippen molar-refractivity contribution in [1.29, 1.82) is 0 Å². The summed E-state index contributed by atoms with van der Waals surface area (Å²) in [5, 5.41) is 0. The molecule has 0 atom stereocenters. The fourth-order valence-electron chi connectivity index (χ4n) is 1.54. The van der Waals surface area contributed by atoms with Crippen LogP contribution in [-0.2, 0) is 6.42 Å². The number of hydrogen-bond donors (Lipinski definition) is 1. The lowest BCUT2D eigenvalue weighted by atomic mass is 10.1. The molecule has 0 saturated carbocycles. The number of nitrogens with two attached hydrogens (primary N) is 1. The molecule has 0 fully saturated rings. The maximum absolute atomic E-state index is 13.2. The van der Waals surface area contributed by atoms with Gasteiger partial charge in [-0.2, -0.15) is 0 Å². The number of hydrogen-bond acceptors (Lipinski definition) is 2. The minimum Gasteiger partial charge on any atom is -0.490 e. The van der Waals surface area contributed by atoms with Gasteiger partial charge in [0.15, 0.2) is 0 Å². The highest BCUT2D eigenvalue weighted by Crippen LogP contribution is 2.26. The molecule has 1 aromatic rings. The predicted octanol–water partition coefficient (Wildman–Crippen LogP) is 2.42. The molecule has 1 aromatic carbocycles. The highest BCUT2D eigenvalue weighted by atomic mass is 19.1. The van der Waals surface area contributed by atoms with E-state index in [1.807, 2.05) is 20.8 Å². The summed E-state index contributed by atoms with van der Waals surface area (Å²) in [4.78, 5) is 0. The van der Waals surface area contributed by atoms with Crippen LogP contribution in [0.15, 0.2) is 12.1 Å². The van der Waals surface area contributed by atoms with Crippen molar-refractivity contribution in [3.05, 3.63) is 29.1 Å². The van der Waals surface area contributed by atoms with Gasteiger partial charge in [0.05, 0.1) is 6.10 Å². The molecule has 15 heavy (non-hydrogen) atoms. The molecule has 1 rings (SSSR count). The first-order chi connectivity index (χ1) is 7.04. The van der Waals surface area contributed by atoms with E-state index >= 15 is 0 Å². The van der Waals surface area contributed by atoms with Crippen LogP contribution >= 0.6 is 0 Å². The SMILES string of the molecule is Cc1cc(F)cc(CCN)c1OC(C)C. The van der Waals surface area contributed by atoms with Gasteiger partial charge in [0, 0.05) is 0 Å². The average Bonchev–Trinajstić information content (AvgIpc) is 2.11. The first-order valence-electron chi connectivity index (χ1n) is 5.20. The van der Waals surface area contributed by atoms with Gasteiger partial charge in [-0.05, 0) is 57.0 Å². The monoisotopic (exact) mass is 211 g/mol. The quantitative estimate of drug-likeness (QED) is 0.830. The smallest absolute Gasteiger partial charge is 0.126 e. The molecule has 0 saturated heterocycles. The fourth-order valence-corrected chi connectivity index (χ4v) is 1.54. The van der Waals surface area contributed by atoms with E-state index in [0.29, 0.717) is 13.0 Å². The Kier molecular flexibility index (Phi) is 4.09. The molecule has 2 N–H and O–H groups in total. The fraction of sp³-hybridized carbons (Fsp3) is 0.500. The van der Waals surface area contributed by atoms with E-state index in [4.69, 9.17) is 10.5 Å². The van der Waals surface area contributed by atoms with E-state index in [1.165, 1.54) is 12.1 Å². The molecule has 0 unspecified atom stereocenters. The molecule has 0 heterocycles. The summed E-state index contributed by atoms with van der Waals surface area (Å²) in [5.41, 5.74) is 7.16. The molecule has 0 radical (unpaired) electrons. The maximum atomic E-state index is 13.2. The number of benzene rings is 1. The molecular formula is C12H18FNO. The summed E-state index contributed by atoms with van der Waals surface area (Å²) in [5.74, 6) is 0.545. The lowest BCUT2D eigenvalue weighted by Crippen LogP contribution is -2.11. The number of halogens is 1. The van der Waals surface area contributed by atoms with Gasteiger partial charge in [-0.15, -0.1) is 0 Å². The minimum atomic E-state index is -0.230. The normalized spacial score (nSPS) is 10.8. The van der Waals surface area contributed by atoms with E-state index in [-0.39, 0.29) is 11.9 Å². The zero-order valence-electron chi connectivity index (χ0n) is 9.51. The zero-order valence-corrected chi connectivity index (χ0v) is 9.51. The molecule has 0 aliphatic rings. The van der Waals surface area contributed by atoms with E-state index in [9.17, 15) is 4.39 Å². The van der Waals surface area contributed by atoms with Gasteiger partial charge < -0.3 is 10.5 Å². The highest BCUT2D eigenvalue weighted by molar-refractivity contribution is 5.41. The molecule has 0 aliphatic carbocycles. The first kappa shape index (κ1) is 12.0. The molecular weight excluding hydrogens is 193 g/mol. The van der Waals surface area contributed by atoms with E-state index < -0.39 is 0 Å². The van der Waals surface area contributed by atoms with Gasteiger partial charge in [0.2, 0.25) is 0 Å². The summed E-state index contributed by atoms with van der Waals surface area (Å²) in [7, 11) is 0. The van der Waals surface area contributed by atoms with E-state index in [1.54, 1.807) is 0 Å². The summed E-state index contributed by atoms with van der Waals surface area (Å²) >= 11 is 0. The van der Waals surface area contributed by atoms with Crippen LogP contribution < -0.4 is 10.5 Å². The second kappa shape index (κ2) is 5.12. The topological polar surface area (TPSA) is 35.2 Å². The molecule has 84 valence electrons. The summed E-state index contributed by atoms with van der Waals surface area (Å²) in [6.45, 7) is 6.25. The van der Waals surface area contributed by atoms with E-state index in [0.717, 1.165) is 16.9 Å². The van der Waals surface area contributed by atoms with Crippen LogP contribution in [-0.4, -0.2) is 12.6 Å². The Morgan fingerprint density at radius 3 is 2.60 bits per heavy atom. The van der Waals surface area contributed by atoms with Gasteiger partial charge in [-0.1, -0.05) is 0 Å². The number of ether oxygens (including phenoxy) is 1. The highest BCUT2D eigenvalue weighted by Gasteiger charge is 2.10. The van der Waals surface area contributed by atoms with Crippen molar-refractivity contribution < 1.29 is 9.13 Å². The van der Waals surface area contributed by atoms with E-state index in [2.05, 4.69) is 0 Å². The molecule has 0 aromatic heterocycles. The average molecular weight is 211 g/mol. The van der Waals surface area contributed by atoms with Crippen molar-refractivity contribution >= 4 is 0 Å². The van der Waals surface area contributed by atoms with Gasteiger partial charge in [-0.25, -0.2) is 4.39 Å². The van der Waals surface area contributed by atoms with Crippen molar-refractivity contribution in [3.63, 3.8) is 0 Å². The molecule has 0 amide bonds. The largest absolute Gasteiger partial charge is 0.490 e. The van der Waals surface area contributed by atoms with Crippen molar-refractivity contribution in [3.8, 4) is 5.75 Å². The predicted molar refractivity (Wildman–Crippen MR) is 59.7 cm³/mol. The third-order valence-corrected chi connectivity index (χ3v) is 2.08. The van der Waals surface area contributed by atoms with Gasteiger partial charge >= 0.3 is 0 Å². The van der Waals surface area contributed by atoms with Crippen LogP contribution in [0, 0.1) is 12.7 Å². The Morgan fingerprint density at radius 1 is 1.40 bits per heavy atom. The standard InChI is InChI=1S/C12H18FNO/c1-8(2)15-12-9(3)6-11(13)7-10(12)4-5-14/h6-8H,4-5,14H2,1-3H3. The van der Waals surface area contributed by atoms with Crippen LogP contribution in [0.5, 0.6) is 5.75 Å². The van der Waals surface area contributed by atoms with Gasteiger partial charge in [0.25, 0.3) is 0 Å². The Balaban J connectivity index is 3.08. The van der Waals surface area contributed by atoms with Gasteiger partial charge in [-0.3, -0.25) is 0 Å². The first-order valence-corrected chi connectivity index (χ1v) is 5.20. The Hall–Kier alpha value is -1.09. The lowest BCUT2D eigenvalue weighted by molar-refractivity contribution is 0.238. The minimum absolute atomic E-state index is 0.0886. The summed E-state index contributed by atoms with van der Waals surface area (Å²) in [6.07, 6.45) is 0.728. The third-order valence-electron chi connectivity index (χ3n) is 2.08. The van der Waals surface area contributed by atoms with Crippen molar-refractivity contribution in [2.75, 3.05) is 6.54 Å². The second-order valence-corrected chi connectivity index (χ2v) is 3.92. The van der Waals surface area contributed by atoms with Crippen LogP contribution in [0.1, 0.15) is 25.0 Å². The molecule has 0 spiro atoms. The lowest BCUT2D eigenvalue weighted by Gasteiger charge is -2.16. The zero-order chi connectivity index (χ0) is 11.4. The van der Waals surface area contributed by atoms with Crippen molar-refractivity contribution in [2.24, 2.45) is 5.73 Å². The second-order valence-electron chi connectivity index (χ2n) is 3.92. The van der Waals surface area contributed by atoms with Crippen molar-refractivity contribution in [2.45, 2.75) is 33.3 Å². The molecule has 3 heteroatoms. The Morgan fingerprint density at radius 2 is 2.07 bits per heavy atom. The maximum Gasteiger partial charge on any atom is 0.126 e.